The summed E-state index contributed by atoms with van der Waals surface area (Å²) in [5.74, 6) is 2.20. The van der Waals surface area contributed by atoms with E-state index in [1.54, 1.807) is 36.4 Å². The summed E-state index contributed by atoms with van der Waals surface area (Å²) < 4.78 is 45.2. The van der Waals surface area contributed by atoms with Gasteiger partial charge in [-0.3, -0.25) is 0 Å². The molecule has 6 nitrogen and oxygen atoms in total. The molecule has 0 N–H and O–H groups in total. The zero-order chi connectivity index (χ0) is 19.9. The zero-order valence-electron chi connectivity index (χ0n) is 15.6. The molecule has 27 heavy (non-hydrogen) atoms. The van der Waals surface area contributed by atoms with Crippen LogP contribution in [0.15, 0.2) is 47.2 Å². The standard InChI is InChI=1S/C20H22O6S/c1-23-17-7-5-15(13-19(17)25-3)9-11-27(21,22)12-10-16-6-8-18(24-2)20(14-16)26-4/h5-14H,1-4H3. The van der Waals surface area contributed by atoms with Gasteiger partial charge in [-0.05, 0) is 47.5 Å². The van der Waals surface area contributed by atoms with E-state index in [9.17, 15) is 8.42 Å². The number of ether oxygens (including phenoxy) is 4. The van der Waals surface area contributed by atoms with Crippen molar-refractivity contribution < 1.29 is 27.4 Å². The van der Waals surface area contributed by atoms with Crippen LogP contribution in [-0.2, 0) is 9.84 Å². The van der Waals surface area contributed by atoms with Crippen LogP contribution in [-0.4, -0.2) is 36.9 Å². The minimum absolute atomic E-state index is 0.526. The lowest BCUT2D eigenvalue weighted by Gasteiger charge is -2.07. The molecule has 0 bridgehead atoms. The summed E-state index contributed by atoms with van der Waals surface area (Å²) in [5.41, 5.74) is 1.35. The molecule has 0 unspecified atom stereocenters. The molecule has 0 aliphatic carbocycles. The van der Waals surface area contributed by atoms with E-state index in [1.807, 2.05) is 0 Å². The Hall–Kier alpha value is -2.93. The van der Waals surface area contributed by atoms with E-state index in [2.05, 4.69) is 0 Å². The lowest BCUT2D eigenvalue weighted by atomic mass is 10.2. The Morgan fingerprint density at radius 2 is 1.00 bits per heavy atom. The first-order chi connectivity index (χ1) is 12.9. The number of rotatable bonds is 8. The smallest absolute Gasteiger partial charge is 0.193 e. The molecule has 2 aromatic carbocycles. The van der Waals surface area contributed by atoms with E-state index in [1.165, 1.54) is 40.6 Å². The van der Waals surface area contributed by atoms with Crippen LogP contribution in [0.5, 0.6) is 23.0 Å². The first kappa shape index (κ1) is 20.4. The molecule has 0 aliphatic rings. The van der Waals surface area contributed by atoms with E-state index in [4.69, 9.17) is 18.9 Å². The van der Waals surface area contributed by atoms with Crippen LogP contribution in [0.25, 0.3) is 12.2 Å². The van der Waals surface area contributed by atoms with Crippen molar-refractivity contribution in [3.05, 3.63) is 58.3 Å². The molecule has 0 aromatic heterocycles. The second-order valence-corrected chi connectivity index (χ2v) is 7.15. The minimum Gasteiger partial charge on any atom is -0.493 e. The molecular formula is C20H22O6S. The van der Waals surface area contributed by atoms with Crippen molar-refractivity contribution >= 4 is 22.0 Å². The first-order valence-corrected chi connectivity index (χ1v) is 9.58. The third kappa shape index (κ3) is 5.52. The molecule has 0 atom stereocenters. The highest BCUT2D eigenvalue weighted by molar-refractivity contribution is 7.97. The van der Waals surface area contributed by atoms with Crippen molar-refractivity contribution in [2.45, 2.75) is 0 Å². The summed E-state index contributed by atoms with van der Waals surface area (Å²) in [6.07, 6.45) is 2.99. The first-order valence-electron chi connectivity index (χ1n) is 7.97. The molecule has 0 amide bonds. The maximum absolute atomic E-state index is 12.2. The molecule has 0 spiro atoms. The molecule has 7 heteroatoms. The topological polar surface area (TPSA) is 71.1 Å². The van der Waals surface area contributed by atoms with Crippen LogP contribution in [0.4, 0.5) is 0 Å². The number of methoxy groups -OCH3 is 4. The molecular weight excluding hydrogens is 368 g/mol. The van der Waals surface area contributed by atoms with E-state index in [-0.39, 0.29) is 0 Å². The van der Waals surface area contributed by atoms with Gasteiger partial charge < -0.3 is 18.9 Å². The fraction of sp³-hybridized carbons (Fsp3) is 0.200. The van der Waals surface area contributed by atoms with E-state index in [0.717, 1.165) is 10.8 Å². The number of benzene rings is 2. The van der Waals surface area contributed by atoms with Gasteiger partial charge in [0.05, 0.1) is 28.4 Å². The van der Waals surface area contributed by atoms with Gasteiger partial charge in [-0.2, -0.15) is 0 Å². The van der Waals surface area contributed by atoms with Gasteiger partial charge in [0, 0.05) is 10.8 Å². The Kier molecular flexibility index (Phi) is 6.90. The van der Waals surface area contributed by atoms with E-state index in [0.29, 0.717) is 34.1 Å². The van der Waals surface area contributed by atoms with Crippen molar-refractivity contribution in [3.8, 4) is 23.0 Å². The van der Waals surface area contributed by atoms with Crippen LogP contribution in [0.1, 0.15) is 11.1 Å². The molecule has 0 heterocycles. The van der Waals surface area contributed by atoms with Gasteiger partial charge in [-0.25, -0.2) is 8.42 Å². The molecule has 0 saturated heterocycles. The predicted molar refractivity (Wildman–Crippen MR) is 106 cm³/mol. The highest BCUT2D eigenvalue weighted by Crippen LogP contribution is 2.29. The van der Waals surface area contributed by atoms with Crippen LogP contribution < -0.4 is 18.9 Å². The monoisotopic (exact) mass is 390 g/mol. The van der Waals surface area contributed by atoms with Gasteiger partial charge in [-0.1, -0.05) is 12.1 Å². The Morgan fingerprint density at radius 3 is 1.33 bits per heavy atom. The second-order valence-electron chi connectivity index (χ2n) is 5.42. The average Bonchev–Trinajstić information content (AvgIpc) is 2.70. The maximum Gasteiger partial charge on any atom is 0.193 e. The summed E-state index contributed by atoms with van der Waals surface area (Å²) in [7, 11) is 2.57. The van der Waals surface area contributed by atoms with Gasteiger partial charge in [-0.15, -0.1) is 0 Å². The Bertz CT molecular complexity index is 873. The molecule has 0 aliphatic heterocycles. The number of sulfone groups is 1. The Labute approximate surface area is 159 Å². The highest BCUT2D eigenvalue weighted by Gasteiger charge is 2.06. The average molecular weight is 390 g/mol. The predicted octanol–water partition coefficient (Wildman–Crippen LogP) is 3.78. The van der Waals surface area contributed by atoms with Crippen molar-refractivity contribution in [2.24, 2.45) is 0 Å². The van der Waals surface area contributed by atoms with Crippen LogP contribution >= 0.6 is 0 Å². The van der Waals surface area contributed by atoms with Crippen molar-refractivity contribution in [3.63, 3.8) is 0 Å². The van der Waals surface area contributed by atoms with E-state index < -0.39 is 9.84 Å². The lowest BCUT2D eigenvalue weighted by molar-refractivity contribution is 0.355. The zero-order valence-corrected chi connectivity index (χ0v) is 16.4. The van der Waals surface area contributed by atoms with Crippen molar-refractivity contribution in [2.75, 3.05) is 28.4 Å². The van der Waals surface area contributed by atoms with Crippen LogP contribution in [0.2, 0.25) is 0 Å². The van der Waals surface area contributed by atoms with Gasteiger partial charge >= 0.3 is 0 Å². The summed E-state index contributed by atoms with van der Waals surface area (Å²) in [4.78, 5) is 0. The van der Waals surface area contributed by atoms with Crippen molar-refractivity contribution in [1.82, 2.24) is 0 Å². The van der Waals surface area contributed by atoms with Gasteiger partial charge in [0.15, 0.2) is 32.8 Å². The second kappa shape index (κ2) is 9.14. The fourth-order valence-corrected chi connectivity index (χ4v) is 3.09. The molecule has 2 aromatic rings. The lowest BCUT2D eigenvalue weighted by Crippen LogP contribution is -1.92. The summed E-state index contributed by atoms with van der Waals surface area (Å²) >= 11 is 0. The maximum atomic E-state index is 12.2. The number of hydrogen-bond donors (Lipinski definition) is 0. The minimum atomic E-state index is -3.55. The van der Waals surface area contributed by atoms with Crippen molar-refractivity contribution in [1.29, 1.82) is 0 Å². The molecule has 0 radical (unpaired) electrons. The van der Waals surface area contributed by atoms with Crippen LogP contribution in [0.3, 0.4) is 0 Å². The third-order valence-corrected chi connectivity index (χ3v) is 4.75. The largest absolute Gasteiger partial charge is 0.493 e. The summed E-state index contributed by atoms with van der Waals surface area (Å²) in [5, 5.41) is 2.26. The quantitative estimate of drug-likeness (QED) is 0.683. The molecule has 2 rings (SSSR count). The normalized spacial score (nSPS) is 11.7. The van der Waals surface area contributed by atoms with Crippen LogP contribution in [0, 0.1) is 0 Å². The Morgan fingerprint density at radius 1 is 0.630 bits per heavy atom. The Balaban J connectivity index is 2.19. The molecule has 144 valence electrons. The fourth-order valence-electron chi connectivity index (χ4n) is 2.31. The van der Waals surface area contributed by atoms with Gasteiger partial charge in [0.2, 0.25) is 0 Å². The SMILES string of the molecule is COc1ccc(C=CS(=O)(=O)C=Cc2ccc(OC)c(OC)c2)cc1OC. The molecule has 0 fully saturated rings. The highest BCUT2D eigenvalue weighted by atomic mass is 32.2. The van der Waals surface area contributed by atoms with Gasteiger partial charge in [0.25, 0.3) is 0 Å². The summed E-state index contributed by atoms with van der Waals surface area (Å²) in [6, 6.07) is 10.3. The third-order valence-electron chi connectivity index (χ3n) is 3.72. The number of hydrogen-bond acceptors (Lipinski definition) is 6. The summed E-state index contributed by atoms with van der Waals surface area (Å²) in [6.45, 7) is 0. The molecule has 0 saturated carbocycles. The van der Waals surface area contributed by atoms with E-state index >= 15 is 0 Å². The van der Waals surface area contributed by atoms with Gasteiger partial charge in [0.1, 0.15) is 0 Å².